The Bertz CT molecular complexity index is 1420. The number of benzene rings is 2. The minimum atomic E-state index is -3.68. The highest BCUT2D eigenvalue weighted by Crippen LogP contribution is 2.48. The summed E-state index contributed by atoms with van der Waals surface area (Å²) in [5.74, 6) is -0.304. The smallest absolute Gasteiger partial charge is 0.255 e. The average Bonchev–Trinajstić information content (AvgIpc) is 3.73. The summed E-state index contributed by atoms with van der Waals surface area (Å²) in [7, 11) is -0.539. The minimum Gasteiger partial charge on any atom is -0.455 e. The number of ether oxygens (including phenoxy) is 4. The second kappa shape index (κ2) is 14.2. The molecule has 1 aromatic heterocycles. The summed E-state index contributed by atoms with van der Waals surface area (Å²) >= 11 is 0. The van der Waals surface area contributed by atoms with Crippen molar-refractivity contribution in [2.45, 2.75) is 18.8 Å². The van der Waals surface area contributed by atoms with E-state index in [4.69, 9.17) is 23.4 Å². The fraction of sp³-hybridized carbons (Fsp3) is 0.483. The van der Waals surface area contributed by atoms with E-state index in [1.807, 2.05) is 6.07 Å². The molecule has 1 heterocycles. The Balaban J connectivity index is 1.54. The number of carbonyl (C=O) groups excluding carboxylic acids is 1. The van der Waals surface area contributed by atoms with Crippen molar-refractivity contribution in [2.75, 3.05) is 77.5 Å². The van der Waals surface area contributed by atoms with Gasteiger partial charge in [-0.15, -0.1) is 0 Å². The fourth-order valence-corrected chi connectivity index (χ4v) is 5.46. The van der Waals surface area contributed by atoms with Crippen molar-refractivity contribution in [2.24, 2.45) is 0 Å². The zero-order chi connectivity index (χ0) is 29.4. The first-order chi connectivity index (χ1) is 19.7. The summed E-state index contributed by atoms with van der Waals surface area (Å²) in [5.41, 5.74) is 2.54. The summed E-state index contributed by atoms with van der Waals surface area (Å²) in [6.07, 6.45) is 2.98. The number of carbonyl (C=O) groups is 1. The van der Waals surface area contributed by atoms with E-state index >= 15 is 0 Å². The molecule has 4 rings (SSSR count). The van der Waals surface area contributed by atoms with Crippen LogP contribution in [0.25, 0.3) is 22.3 Å². The van der Waals surface area contributed by atoms with Crippen LogP contribution < -0.4 is 9.62 Å². The van der Waals surface area contributed by atoms with Crippen LogP contribution in [0.3, 0.4) is 0 Å². The van der Waals surface area contributed by atoms with Crippen LogP contribution in [0.5, 0.6) is 0 Å². The molecular formula is C29H37FN2O8S. The molecule has 0 spiro atoms. The van der Waals surface area contributed by atoms with Gasteiger partial charge in [-0.1, -0.05) is 0 Å². The summed E-state index contributed by atoms with van der Waals surface area (Å²) in [6, 6.07) is 9.21. The third-order valence-electron chi connectivity index (χ3n) is 6.70. The number of hydrogen-bond donors (Lipinski definition) is 1. The van der Waals surface area contributed by atoms with Crippen LogP contribution in [0, 0.1) is 5.82 Å². The number of hydrogen-bond acceptors (Lipinski definition) is 8. The van der Waals surface area contributed by atoms with Gasteiger partial charge in [-0.05, 0) is 54.7 Å². The third-order valence-corrected chi connectivity index (χ3v) is 7.88. The number of nitrogens with zero attached hydrogens (tertiary/aromatic N) is 1. The molecule has 1 aliphatic carbocycles. The first-order valence-electron chi connectivity index (χ1n) is 13.5. The van der Waals surface area contributed by atoms with Gasteiger partial charge in [0, 0.05) is 31.2 Å². The Hall–Kier alpha value is -3.03. The van der Waals surface area contributed by atoms with Crippen molar-refractivity contribution in [3.8, 4) is 11.3 Å². The van der Waals surface area contributed by atoms with Gasteiger partial charge in [0.1, 0.15) is 17.2 Å². The van der Waals surface area contributed by atoms with Gasteiger partial charge in [-0.25, -0.2) is 12.8 Å². The van der Waals surface area contributed by atoms with E-state index in [1.54, 1.807) is 25.3 Å². The third kappa shape index (κ3) is 8.04. The van der Waals surface area contributed by atoms with Crippen LogP contribution in [0.1, 0.15) is 34.7 Å². The summed E-state index contributed by atoms with van der Waals surface area (Å²) in [4.78, 5) is 13.0. The number of halogens is 1. The quantitative estimate of drug-likeness (QED) is 0.235. The van der Waals surface area contributed by atoms with Crippen molar-refractivity contribution < 1.29 is 41.0 Å². The van der Waals surface area contributed by atoms with E-state index in [1.165, 1.54) is 23.5 Å². The van der Waals surface area contributed by atoms with Gasteiger partial charge >= 0.3 is 0 Å². The van der Waals surface area contributed by atoms with E-state index in [-0.39, 0.29) is 30.7 Å². The summed E-state index contributed by atoms with van der Waals surface area (Å²) < 4.78 is 68.4. The highest BCUT2D eigenvalue weighted by molar-refractivity contribution is 7.92. The van der Waals surface area contributed by atoms with E-state index in [2.05, 4.69) is 5.32 Å². The maximum atomic E-state index is 13.6. The molecule has 1 fully saturated rings. The van der Waals surface area contributed by atoms with Gasteiger partial charge in [0.05, 0.1) is 70.3 Å². The van der Waals surface area contributed by atoms with Crippen LogP contribution in [0.4, 0.5) is 10.1 Å². The van der Waals surface area contributed by atoms with Crippen LogP contribution in [-0.2, 0) is 29.0 Å². The molecule has 12 heteroatoms. The van der Waals surface area contributed by atoms with Gasteiger partial charge in [0.25, 0.3) is 5.91 Å². The molecular weight excluding hydrogens is 555 g/mol. The lowest BCUT2D eigenvalue weighted by Crippen LogP contribution is -2.34. The van der Waals surface area contributed by atoms with E-state index in [9.17, 15) is 17.6 Å². The number of fused-ring (bicyclic) bond motifs is 1. The predicted octanol–water partition coefficient (Wildman–Crippen LogP) is 3.94. The Morgan fingerprint density at radius 1 is 1.00 bits per heavy atom. The Kier molecular flexibility index (Phi) is 10.7. The standard InChI is InChI=1S/C29H37FN2O8S/c1-31-29(33)27-24-18-23(20-4-5-20)25(19-26(24)40-28(27)21-6-8-22(30)9-7-21)32(41(3,34)35)10-11-37-14-15-39-17-16-38-13-12-36-2/h6-9,18-20H,4-5,10-17H2,1-3H3,(H,31,33). The summed E-state index contributed by atoms with van der Waals surface area (Å²) in [5, 5.41) is 3.22. The van der Waals surface area contributed by atoms with Gasteiger partial charge in [-0.3, -0.25) is 9.10 Å². The normalized spacial score (nSPS) is 13.6. The molecule has 0 saturated heterocycles. The molecule has 224 valence electrons. The number of anilines is 1. The lowest BCUT2D eigenvalue weighted by Gasteiger charge is -2.25. The zero-order valence-electron chi connectivity index (χ0n) is 23.6. The first kappa shape index (κ1) is 30.9. The van der Waals surface area contributed by atoms with Gasteiger partial charge in [0.2, 0.25) is 10.0 Å². The number of sulfonamides is 1. The molecule has 10 nitrogen and oxygen atoms in total. The molecule has 1 saturated carbocycles. The van der Waals surface area contributed by atoms with E-state index in [0.717, 1.165) is 24.7 Å². The molecule has 0 aliphatic heterocycles. The van der Waals surface area contributed by atoms with Crippen molar-refractivity contribution in [1.82, 2.24) is 5.32 Å². The summed E-state index contributed by atoms with van der Waals surface area (Å²) in [6.45, 7) is 2.82. The predicted molar refractivity (Wildman–Crippen MR) is 153 cm³/mol. The number of rotatable bonds is 17. The molecule has 0 bridgehead atoms. The van der Waals surface area contributed by atoms with Crippen molar-refractivity contribution in [3.05, 3.63) is 53.3 Å². The average molecular weight is 593 g/mol. The molecule has 2 aromatic carbocycles. The molecule has 1 amide bonds. The van der Waals surface area contributed by atoms with E-state index in [0.29, 0.717) is 67.4 Å². The number of furan rings is 1. The van der Waals surface area contributed by atoms with Gasteiger partial charge in [-0.2, -0.15) is 0 Å². The Morgan fingerprint density at radius 2 is 1.61 bits per heavy atom. The van der Waals surface area contributed by atoms with Crippen molar-refractivity contribution in [1.29, 1.82) is 0 Å². The molecule has 0 atom stereocenters. The van der Waals surface area contributed by atoms with Crippen LogP contribution in [-0.4, -0.2) is 87.5 Å². The molecule has 3 aromatic rings. The SMILES string of the molecule is CNC(=O)c1c(-c2ccc(F)cc2)oc2cc(N(CCOCCOCCOCCOC)S(C)(=O)=O)c(C3CC3)cc12. The molecule has 1 N–H and O–H groups in total. The lowest BCUT2D eigenvalue weighted by atomic mass is 10.0. The Labute approximate surface area is 239 Å². The van der Waals surface area contributed by atoms with Gasteiger partial charge in [0.15, 0.2) is 0 Å². The van der Waals surface area contributed by atoms with Gasteiger partial charge < -0.3 is 28.7 Å². The largest absolute Gasteiger partial charge is 0.455 e. The maximum absolute atomic E-state index is 13.6. The molecule has 0 unspecified atom stereocenters. The second-order valence-corrected chi connectivity index (χ2v) is 11.6. The van der Waals surface area contributed by atoms with Crippen molar-refractivity contribution in [3.63, 3.8) is 0 Å². The second-order valence-electron chi connectivity index (χ2n) is 9.74. The Morgan fingerprint density at radius 3 is 2.17 bits per heavy atom. The molecule has 0 radical (unpaired) electrons. The number of methoxy groups -OCH3 is 1. The van der Waals surface area contributed by atoms with Crippen LogP contribution >= 0.6 is 0 Å². The topological polar surface area (TPSA) is 117 Å². The van der Waals surface area contributed by atoms with Crippen LogP contribution in [0.15, 0.2) is 40.8 Å². The highest BCUT2D eigenvalue weighted by atomic mass is 32.2. The monoisotopic (exact) mass is 592 g/mol. The first-order valence-corrected chi connectivity index (χ1v) is 15.4. The highest BCUT2D eigenvalue weighted by Gasteiger charge is 2.33. The van der Waals surface area contributed by atoms with Crippen molar-refractivity contribution >= 4 is 32.6 Å². The number of amides is 1. The molecule has 1 aliphatic rings. The molecule has 41 heavy (non-hydrogen) atoms. The fourth-order valence-electron chi connectivity index (χ4n) is 4.54. The number of nitrogens with one attached hydrogen (secondary N) is 1. The maximum Gasteiger partial charge on any atom is 0.255 e. The zero-order valence-corrected chi connectivity index (χ0v) is 24.4. The lowest BCUT2D eigenvalue weighted by molar-refractivity contribution is 0.00475. The minimum absolute atomic E-state index is 0.0953. The van der Waals surface area contributed by atoms with E-state index < -0.39 is 15.8 Å². The van der Waals surface area contributed by atoms with Crippen LogP contribution in [0.2, 0.25) is 0 Å².